The van der Waals surface area contributed by atoms with Crippen LogP contribution in [0.15, 0.2) is 18.2 Å². The molecule has 16 heavy (non-hydrogen) atoms. The zero-order valence-electron chi connectivity index (χ0n) is 8.91. The molecule has 1 N–H and O–H groups in total. The molecule has 2 rings (SSSR count). The van der Waals surface area contributed by atoms with Crippen LogP contribution in [-0.2, 0) is 0 Å². The van der Waals surface area contributed by atoms with Gasteiger partial charge in [0.25, 0.3) is 0 Å². The van der Waals surface area contributed by atoms with Crippen molar-refractivity contribution in [3.8, 4) is 0 Å². The van der Waals surface area contributed by atoms with E-state index in [4.69, 9.17) is 16.7 Å². The molecule has 0 bridgehead atoms. The van der Waals surface area contributed by atoms with Gasteiger partial charge in [0, 0.05) is 5.39 Å². The highest BCUT2D eigenvalue weighted by Crippen LogP contribution is 2.25. The topological polar surface area (TPSA) is 50.2 Å². The number of carboxylic acids is 1. The second kappa shape index (κ2) is 3.76. The molecule has 0 aliphatic rings. The predicted octanol–water partition coefficient (Wildman–Crippen LogP) is 3.20. The van der Waals surface area contributed by atoms with Gasteiger partial charge in [-0.15, -0.1) is 0 Å². The van der Waals surface area contributed by atoms with Gasteiger partial charge in [0.1, 0.15) is 5.15 Å². The van der Waals surface area contributed by atoms with Crippen molar-refractivity contribution in [2.45, 2.75) is 13.8 Å². The van der Waals surface area contributed by atoms with E-state index in [2.05, 4.69) is 4.98 Å². The monoisotopic (exact) mass is 235 g/mol. The number of rotatable bonds is 1. The van der Waals surface area contributed by atoms with Crippen LogP contribution in [0.25, 0.3) is 10.9 Å². The first-order valence-corrected chi connectivity index (χ1v) is 5.17. The van der Waals surface area contributed by atoms with Gasteiger partial charge in [-0.1, -0.05) is 23.2 Å². The van der Waals surface area contributed by atoms with Gasteiger partial charge in [0.2, 0.25) is 0 Å². The summed E-state index contributed by atoms with van der Waals surface area (Å²) < 4.78 is 0. The molecule has 0 fully saturated rings. The van der Waals surface area contributed by atoms with Gasteiger partial charge in [-0.2, -0.15) is 0 Å². The molecule has 3 nitrogen and oxygen atoms in total. The SMILES string of the molecule is Cc1cc(C)c2nc(Cl)cc(C(=O)O)c2c1. The Bertz CT molecular complexity index is 593. The van der Waals surface area contributed by atoms with Crippen molar-refractivity contribution in [1.29, 1.82) is 0 Å². The molecule has 0 saturated heterocycles. The van der Waals surface area contributed by atoms with Crippen LogP contribution in [0.3, 0.4) is 0 Å². The van der Waals surface area contributed by atoms with Crippen molar-refractivity contribution in [2.75, 3.05) is 0 Å². The van der Waals surface area contributed by atoms with E-state index in [1.54, 1.807) is 0 Å². The summed E-state index contributed by atoms with van der Waals surface area (Å²) in [5.74, 6) is -0.987. The van der Waals surface area contributed by atoms with E-state index in [0.29, 0.717) is 10.9 Å². The van der Waals surface area contributed by atoms with Crippen molar-refractivity contribution in [3.63, 3.8) is 0 Å². The van der Waals surface area contributed by atoms with Crippen molar-refractivity contribution in [1.82, 2.24) is 4.98 Å². The fraction of sp³-hybridized carbons (Fsp3) is 0.167. The highest BCUT2D eigenvalue weighted by atomic mass is 35.5. The van der Waals surface area contributed by atoms with E-state index in [9.17, 15) is 4.79 Å². The number of hydrogen-bond acceptors (Lipinski definition) is 2. The fourth-order valence-electron chi connectivity index (χ4n) is 1.83. The highest BCUT2D eigenvalue weighted by Gasteiger charge is 2.12. The molecule has 0 aliphatic carbocycles. The number of pyridine rings is 1. The van der Waals surface area contributed by atoms with Gasteiger partial charge in [-0.3, -0.25) is 0 Å². The maximum Gasteiger partial charge on any atom is 0.336 e. The van der Waals surface area contributed by atoms with Gasteiger partial charge in [0.15, 0.2) is 0 Å². The maximum atomic E-state index is 11.1. The molecule has 4 heteroatoms. The fourth-order valence-corrected chi connectivity index (χ4v) is 2.02. The Morgan fingerprint density at radius 2 is 2.00 bits per heavy atom. The minimum Gasteiger partial charge on any atom is -0.478 e. The van der Waals surface area contributed by atoms with Crippen LogP contribution in [0.1, 0.15) is 21.5 Å². The Morgan fingerprint density at radius 3 is 2.62 bits per heavy atom. The standard InChI is InChI=1S/C12H10ClNO2/c1-6-3-7(2)11-8(4-6)9(12(15)16)5-10(13)14-11/h3-5H,1-2H3,(H,15,16). The van der Waals surface area contributed by atoms with E-state index in [-0.39, 0.29) is 10.7 Å². The van der Waals surface area contributed by atoms with Crippen LogP contribution >= 0.6 is 11.6 Å². The average molecular weight is 236 g/mol. The summed E-state index contributed by atoms with van der Waals surface area (Å²) in [5.41, 5.74) is 2.79. The number of aromatic carboxylic acids is 1. The van der Waals surface area contributed by atoms with E-state index in [1.807, 2.05) is 26.0 Å². The Kier molecular flexibility index (Phi) is 2.56. The van der Waals surface area contributed by atoms with Crippen LogP contribution in [0, 0.1) is 13.8 Å². The van der Waals surface area contributed by atoms with Crippen LogP contribution in [-0.4, -0.2) is 16.1 Å². The Morgan fingerprint density at radius 1 is 1.31 bits per heavy atom. The Hall–Kier alpha value is -1.61. The van der Waals surface area contributed by atoms with Gasteiger partial charge in [-0.25, -0.2) is 9.78 Å². The van der Waals surface area contributed by atoms with E-state index in [0.717, 1.165) is 11.1 Å². The lowest BCUT2D eigenvalue weighted by atomic mass is 10.0. The maximum absolute atomic E-state index is 11.1. The normalized spacial score (nSPS) is 10.7. The first kappa shape index (κ1) is 10.9. The molecule has 0 spiro atoms. The molecular weight excluding hydrogens is 226 g/mol. The first-order chi connectivity index (χ1) is 7.49. The van der Waals surface area contributed by atoms with Crippen LogP contribution in [0.4, 0.5) is 0 Å². The largest absolute Gasteiger partial charge is 0.478 e. The van der Waals surface area contributed by atoms with Crippen molar-refractivity contribution in [3.05, 3.63) is 40.0 Å². The summed E-state index contributed by atoms with van der Waals surface area (Å²) in [6.07, 6.45) is 0. The molecule has 0 radical (unpaired) electrons. The molecule has 0 unspecified atom stereocenters. The summed E-state index contributed by atoms with van der Waals surface area (Å²) in [7, 11) is 0. The number of fused-ring (bicyclic) bond motifs is 1. The minimum atomic E-state index is -0.987. The van der Waals surface area contributed by atoms with E-state index >= 15 is 0 Å². The number of benzene rings is 1. The second-order valence-corrected chi connectivity index (χ2v) is 4.16. The smallest absolute Gasteiger partial charge is 0.336 e. The molecule has 1 heterocycles. The molecule has 0 aliphatic heterocycles. The molecule has 82 valence electrons. The third kappa shape index (κ3) is 1.74. The van der Waals surface area contributed by atoms with Gasteiger partial charge < -0.3 is 5.11 Å². The zero-order chi connectivity index (χ0) is 11.9. The molecular formula is C12H10ClNO2. The molecule has 1 aromatic carbocycles. The quantitative estimate of drug-likeness (QED) is 0.773. The molecule has 0 saturated carbocycles. The van der Waals surface area contributed by atoms with Gasteiger partial charge >= 0.3 is 5.97 Å². The number of carbonyl (C=O) groups is 1. The molecule has 0 amide bonds. The van der Waals surface area contributed by atoms with Crippen LogP contribution in [0.5, 0.6) is 0 Å². The number of nitrogens with zero attached hydrogens (tertiary/aromatic N) is 1. The Balaban J connectivity index is 2.95. The third-order valence-corrected chi connectivity index (χ3v) is 2.64. The first-order valence-electron chi connectivity index (χ1n) is 4.80. The number of aromatic nitrogens is 1. The van der Waals surface area contributed by atoms with Crippen molar-refractivity contribution >= 4 is 28.5 Å². The summed E-state index contributed by atoms with van der Waals surface area (Å²) in [6, 6.07) is 5.15. The second-order valence-electron chi connectivity index (χ2n) is 3.78. The van der Waals surface area contributed by atoms with E-state index < -0.39 is 5.97 Å². The van der Waals surface area contributed by atoms with Crippen LogP contribution in [0.2, 0.25) is 5.15 Å². The molecule has 2 aromatic rings. The summed E-state index contributed by atoms with van der Waals surface area (Å²) in [6.45, 7) is 3.82. The predicted molar refractivity (Wildman–Crippen MR) is 63.2 cm³/mol. The number of carboxylic acid groups (broad SMARTS) is 1. The summed E-state index contributed by atoms with van der Waals surface area (Å²) in [4.78, 5) is 15.3. The number of halogens is 1. The number of aryl methyl sites for hydroxylation is 2. The lowest BCUT2D eigenvalue weighted by molar-refractivity contribution is 0.0699. The zero-order valence-corrected chi connectivity index (χ0v) is 9.67. The van der Waals surface area contributed by atoms with E-state index in [1.165, 1.54) is 6.07 Å². The van der Waals surface area contributed by atoms with Crippen molar-refractivity contribution < 1.29 is 9.90 Å². The number of hydrogen-bond donors (Lipinski definition) is 1. The molecule has 0 atom stereocenters. The third-order valence-electron chi connectivity index (χ3n) is 2.45. The lowest BCUT2D eigenvalue weighted by Gasteiger charge is -2.07. The average Bonchev–Trinajstić information content (AvgIpc) is 2.18. The summed E-state index contributed by atoms with van der Waals surface area (Å²) in [5, 5.41) is 9.94. The highest BCUT2D eigenvalue weighted by molar-refractivity contribution is 6.30. The van der Waals surface area contributed by atoms with Crippen molar-refractivity contribution in [2.24, 2.45) is 0 Å². The van der Waals surface area contributed by atoms with Crippen LogP contribution < -0.4 is 0 Å². The van der Waals surface area contributed by atoms with Gasteiger partial charge in [-0.05, 0) is 31.5 Å². The van der Waals surface area contributed by atoms with Gasteiger partial charge in [0.05, 0.1) is 11.1 Å². The minimum absolute atomic E-state index is 0.196. The summed E-state index contributed by atoms with van der Waals surface area (Å²) >= 11 is 5.81. The molecule has 1 aromatic heterocycles. The Labute approximate surface area is 97.7 Å². The lowest BCUT2D eigenvalue weighted by Crippen LogP contribution is -2.00.